The summed E-state index contributed by atoms with van der Waals surface area (Å²) >= 11 is 0. The molecular weight excluding hydrogens is 629 g/mol. The molecule has 1 amide bonds. The normalized spacial score (nSPS) is 11.8. The number of hydrogen-bond acceptors (Lipinski definition) is 3. The third-order valence-electron chi connectivity index (χ3n) is 10.2. The number of carbonyl (C=O) groups is 1. The van der Waals surface area contributed by atoms with E-state index in [4.69, 9.17) is 9.47 Å². The smallest absolute Gasteiger partial charge is 0.261 e. The molecule has 1 N–H and O–H groups in total. The highest BCUT2D eigenvalue weighted by Gasteiger charge is 2.22. The van der Waals surface area contributed by atoms with Gasteiger partial charge in [-0.2, -0.15) is 0 Å². The number of ether oxygens (including phenoxy) is 2. The number of aromatic nitrogens is 1. The molecule has 290 valence electrons. The molecule has 1 heterocycles. The van der Waals surface area contributed by atoms with Gasteiger partial charge < -0.3 is 14.8 Å². The van der Waals surface area contributed by atoms with E-state index in [1.54, 1.807) is 0 Å². The van der Waals surface area contributed by atoms with Crippen molar-refractivity contribution < 1.29 is 18.8 Å². The van der Waals surface area contributed by atoms with Crippen LogP contribution in [0.5, 0.6) is 11.5 Å². The Balaban J connectivity index is 1.79. The summed E-state index contributed by atoms with van der Waals surface area (Å²) in [5.41, 5.74) is 2.13. The van der Waals surface area contributed by atoms with Gasteiger partial charge in [0.05, 0.1) is 6.61 Å². The SMILES string of the molecule is CCCCCCCCCCCCCCCCC(Oc1ccc(OCCCCCCCCCCCC)cc1C)C(=O)NCc1cccc[n+]1CCC. The number of nitrogens with zero attached hydrogens (tertiary/aromatic N) is 1. The summed E-state index contributed by atoms with van der Waals surface area (Å²) in [6.07, 6.45) is 35.1. The molecule has 0 saturated heterocycles. The van der Waals surface area contributed by atoms with E-state index >= 15 is 0 Å². The number of nitrogens with one attached hydrogen (secondary N) is 1. The Morgan fingerprint density at radius 3 is 1.71 bits per heavy atom. The average Bonchev–Trinajstić information content (AvgIpc) is 3.14. The Morgan fingerprint density at radius 1 is 0.647 bits per heavy atom. The second kappa shape index (κ2) is 31.0. The highest BCUT2D eigenvalue weighted by molar-refractivity contribution is 5.81. The fourth-order valence-electron chi connectivity index (χ4n) is 6.97. The predicted molar refractivity (Wildman–Crippen MR) is 217 cm³/mol. The van der Waals surface area contributed by atoms with Gasteiger partial charge in [-0.25, -0.2) is 4.57 Å². The minimum Gasteiger partial charge on any atom is -0.494 e. The third-order valence-corrected chi connectivity index (χ3v) is 10.2. The molecule has 0 radical (unpaired) electrons. The molecule has 0 aliphatic heterocycles. The molecule has 2 rings (SSSR count). The molecule has 0 fully saturated rings. The van der Waals surface area contributed by atoms with Gasteiger partial charge >= 0.3 is 0 Å². The van der Waals surface area contributed by atoms with Gasteiger partial charge in [0, 0.05) is 18.6 Å². The summed E-state index contributed by atoms with van der Waals surface area (Å²) in [6, 6.07) is 12.2. The summed E-state index contributed by atoms with van der Waals surface area (Å²) in [7, 11) is 0. The first-order valence-electron chi connectivity index (χ1n) is 21.7. The number of carbonyl (C=O) groups excluding carboxylic acids is 1. The molecule has 5 nitrogen and oxygen atoms in total. The zero-order valence-electron chi connectivity index (χ0n) is 33.8. The van der Waals surface area contributed by atoms with Gasteiger partial charge in [-0.05, 0) is 49.9 Å². The van der Waals surface area contributed by atoms with Crippen LogP contribution in [0.3, 0.4) is 0 Å². The average molecular weight is 708 g/mol. The van der Waals surface area contributed by atoms with Crippen molar-refractivity contribution in [3.05, 3.63) is 53.9 Å². The highest BCUT2D eigenvalue weighted by Crippen LogP contribution is 2.26. The number of rotatable bonds is 34. The summed E-state index contributed by atoms with van der Waals surface area (Å²) in [5, 5.41) is 3.20. The van der Waals surface area contributed by atoms with Crippen LogP contribution in [0.4, 0.5) is 0 Å². The van der Waals surface area contributed by atoms with Crippen molar-refractivity contribution in [3.63, 3.8) is 0 Å². The number of unbranched alkanes of at least 4 members (excludes halogenated alkanes) is 22. The van der Waals surface area contributed by atoms with Crippen molar-refractivity contribution in [1.29, 1.82) is 0 Å². The Morgan fingerprint density at radius 2 is 1.18 bits per heavy atom. The van der Waals surface area contributed by atoms with E-state index in [9.17, 15) is 4.79 Å². The molecular formula is C46H79N2O3+. The van der Waals surface area contributed by atoms with E-state index in [-0.39, 0.29) is 5.91 Å². The van der Waals surface area contributed by atoms with Crippen LogP contribution in [-0.2, 0) is 17.9 Å². The van der Waals surface area contributed by atoms with E-state index < -0.39 is 6.10 Å². The molecule has 0 aliphatic rings. The Kier molecular flexibility index (Phi) is 27.1. The van der Waals surface area contributed by atoms with Gasteiger partial charge in [0.15, 0.2) is 12.3 Å². The number of benzene rings is 1. The largest absolute Gasteiger partial charge is 0.494 e. The number of hydrogen-bond donors (Lipinski definition) is 1. The molecule has 2 aromatic rings. The quantitative estimate of drug-likeness (QED) is 0.0582. The maximum Gasteiger partial charge on any atom is 0.261 e. The van der Waals surface area contributed by atoms with Gasteiger partial charge in [0.25, 0.3) is 5.91 Å². The molecule has 1 aromatic carbocycles. The van der Waals surface area contributed by atoms with E-state index in [1.807, 2.05) is 18.2 Å². The first-order valence-corrected chi connectivity index (χ1v) is 21.7. The van der Waals surface area contributed by atoms with Gasteiger partial charge in [0.1, 0.15) is 24.6 Å². The lowest BCUT2D eigenvalue weighted by molar-refractivity contribution is -0.704. The standard InChI is InChI=1S/C46H78N2O3/c1-5-8-10-12-14-16-18-19-20-21-22-24-26-28-33-45(46(49)47-40-42-32-29-30-37-48(42)36-7-3)51-44-35-34-43(39-41(44)4)50-38-31-27-25-23-17-15-13-11-9-6-2/h29-30,32,34-35,37,39,45H,5-28,31,33,36,38,40H2,1-4H3/p+1. The predicted octanol–water partition coefficient (Wildman–Crippen LogP) is 12.9. The fraction of sp³-hybridized carbons (Fsp3) is 0.739. The molecule has 0 bridgehead atoms. The Bertz CT molecular complexity index is 1120. The lowest BCUT2D eigenvalue weighted by atomic mass is 10.0. The van der Waals surface area contributed by atoms with E-state index in [0.29, 0.717) is 6.54 Å². The van der Waals surface area contributed by atoms with Crippen molar-refractivity contribution in [1.82, 2.24) is 5.32 Å². The molecule has 1 atom stereocenters. The van der Waals surface area contributed by atoms with Crippen LogP contribution in [0.2, 0.25) is 0 Å². The maximum atomic E-state index is 13.6. The lowest BCUT2D eigenvalue weighted by Gasteiger charge is -2.20. The monoisotopic (exact) mass is 708 g/mol. The van der Waals surface area contributed by atoms with Crippen LogP contribution in [0.1, 0.15) is 199 Å². The van der Waals surface area contributed by atoms with Gasteiger partial charge in [-0.15, -0.1) is 0 Å². The van der Waals surface area contributed by atoms with Gasteiger partial charge in [-0.1, -0.05) is 168 Å². The first-order chi connectivity index (χ1) is 25.1. The second-order valence-electron chi connectivity index (χ2n) is 15.1. The minimum atomic E-state index is -0.511. The van der Waals surface area contributed by atoms with Crippen molar-refractivity contribution in [2.45, 2.75) is 214 Å². The molecule has 0 saturated carbocycles. The zero-order valence-corrected chi connectivity index (χ0v) is 33.8. The summed E-state index contributed by atoms with van der Waals surface area (Å²) in [4.78, 5) is 13.6. The number of pyridine rings is 1. The molecule has 5 heteroatoms. The van der Waals surface area contributed by atoms with Gasteiger partial charge in [0.2, 0.25) is 5.69 Å². The van der Waals surface area contributed by atoms with E-state index in [0.717, 1.165) is 68.0 Å². The van der Waals surface area contributed by atoms with Crippen LogP contribution in [0.25, 0.3) is 0 Å². The van der Waals surface area contributed by atoms with Crippen LogP contribution in [-0.4, -0.2) is 18.6 Å². The highest BCUT2D eigenvalue weighted by atomic mass is 16.5. The maximum absolute atomic E-state index is 13.6. The number of aryl methyl sites for hydroxylation is 2. The molecule has 0 spiro atoms. The first kappa shape index (κ1) is 44.6. The van der Waals surface area contributed by atoms with Crippen LogP contribution in [0, 0.1) is 6.92 Å². The van der Waals surface area contributed by atoms with Crippen molar-refractivity contribution >= 4 is 5.91 Å². The topological polar surface area (TPSA) is 51.4 Å². The van der Waals surface area contributed by atoms with Crippen LogP contribution < -0.4 is 19.4 Å². The second-order valence-corrected chi connectivity index (χ2v) is 15.1. The van der Waals surface area contributed by atoms with Crippen molar-refractivity contribution in [2.24, 2.45) is 0 Å². The fourth-order valence-corrected chi connectivity index (χ4v) is 6.97. The third kappa shape index (κ3) is 22.2. The van der Waals surface area contributed by atoms with Gasteiger partial charge in [-0.3, -0.25) is 4.79 Å². The zero-order chi connectivity index (χ0) is 36.6. The molecule has 0 aliphatic carbocycles. The minimum absolute atomic E-state index is 0.0303. The van der Waals surface area contributed by atoms with E-state index in [1.165, 1.54) is 135 Å². The number of amides is 1. The van der Waals surface area contributed by atoms with Crippen molar-refractivity contribution in [2.75, 3.05) is 6.61 Å². The van der Waals surface area contributed by atoms with Crippen molar-refractivity contribution in [3.8, 4) is 11.5 Å². The lowest BCUT2D eigenvalue weighted by Crippen LogP contribution is -2.43. The molecule has 1 unspecified atom stereocenters. The summed E-state index contributed by atoms with van der Waals surface area (Å²) < 4.78 is 14.8. The van der Waals surface area contributed by atoms with E-state index in [2.05, 4.69) is 62.0 Å². The van der Waals surface area contributed by atoms with Crippen LogP contribution in [0.15, 0.2) is 42.6 Å². The molecule has 51 heavy (non-hydrogen) atoms. The van der Waals surface area contributed by atoms with Crippen LogP contribution >= 0.6 is 0 Å². The molecule has 1 aromatic heterocycles. The summed E-state index contributed by atoms with van der Waals surface area (Å²) in [5.74, 6) is 1.62. The Labute approximate surface area is 315 Å². The summed E-state index contributed by atoms with van der Waals surface area (Å²) in [6.45, 7) is 11.0. The Hall–Kier alpha value is -2.56.